The van der Waals surface area contributed by atoms with Crippen molar-refractivity contribution in [2.75, 3.05) is 6.61 Å². The molecular weight excluding hydrogens is 400 g/mol. The first-order chi connectivity index (χ1) is 13.9. The fourth-order valence-electron chi connectivity index (χ4n) is 2.97. The lowest BCUT2D eigenvalue weighted by molar-refractivity contribution is 0.266. The summed E-state index contributed by atoms with van der Waals surface area (Å²) in [6.45, 7) is 1.36. The third-order valence-electron chi connectivity index (χ3n) is 4.37. The number of aliphatic hydroxyl groups is 1. The summed E-state index contributed by atoms with van der Waals surface area (Å²) in [7, 11) is 0. The van der Waals surface area contributed by atoms with Crippen LogP contribution < -0.4 is 4.74 Å². The molecule has 0 radical (unpaired) electrons. The smallest absolute Gasteiger partial charge is 0.191 e. The molecule has 0 aliphatic rings. The highest BCUT2D eigenvalue weighted by Crippen LogP contribution is 2.27. The van der Waals surface area contributed by atoms with Crippen LogP contribution in [0.1, 0.15) is 28.9 Å². The minimum absolute atomic E-state index is 0.0630. The predicted octanol–water partition coefficient (Wildman–Crippen LogP) is 4.49. The van der Waals surface area contributed by atoms with Crippen molar-refractivity contribution in [2.24, 2.45) is 0 Å². The zero-order valence-corrected chi connectivity index (χ0v) is 16.4. The number of rotatable bonds is 7. The highest BCUT2D eigenvalue weighted by molar-refractivity contribution is 6.30. The van der Waals surface area contributed by atoms with Gasteiger partial charge in [-0.15, -0.1) is 0 Å². The Balaban J connectivity index is 1.91. The van der Waals surface area contributed by atoms with E-state index in [1.54, 1.807) is 31.2 Å². The van der Waals surface area contributed by atoms with Crippen molar-refractivity contribution >= 4 is 11.6 Å². The lowest BCUT2D eigenvalue weighted by Crippen LogP contribution is -2.08. The van der Waals surface area contributed by atoms with Crippen molar-refractivity contribution in [3.8, 4) is 17.5 Å². The second-order valence-electron chi connectivity index (χ2n) is 6.41. The molecule has 8 heteroatoms. The standard InChI is InChI=1S/C21H18ClF2N3O2/c1-13-17(11-25)20(27(26-13)16-6-4-15(22)5-7-16)12-29-21-18(23)9-14(3-2-8-28)10-19(21)24/h4-7,9-10,28H,2-3,8,12H2,1H3. The van der Waals surface area contributed by atoms with Gasteiger partial charge in [0.15, 0.2) is 17.4 Å². The molecular formula is C21H18ClF2N3O2. The number of ether oxygens (including phenoxy) is 1. The zero-order valence-electron chi connectivity index (χ0n) is 15.6. The molecule has 2 aromatic carbocycles. The van der Waals surface area contributed by atoms with Crippen LogP contribution in [0.25, 0.3) is 5.69 Å². The lowest BCUT2D eigenvalue weighted by atomic mass is 10.1. The second kappa shape index (κ2) is 9.03. The number of aryl methyl sites for hydroxylation is 2. The molecule has 0 aliphatic carbocycles. The fraction of sp³-hybridized carbons (Fsp3) is 0.238. The number of hydrogen-bond donors (Lipinski definition) is 1. The van der Waals surface area contributed by atoms with Gasteiger partial charge in [-0.1, -0.05) is 11.6 Å². The number of nitriles is 1. The number of nitrogens with zero attached hydrogens (tertiary/aromatic N) is 3. The molecule has 3 rings (SSSR count). The fourth-order valence-corrected chi connectivity index (χ4v) is 3.09. The highest BCUT2D eigenvalue weighted by Gasteiger charge is 2.19. The van der Waals surface area contributed by atoms with E-state index in [9.17, 15) is 14.0 Å². The summed E-state index contributed by atoms with van der Waals surface area (Å²) in [6, 6.07) is 11.2. The van der Waals surface area contributed by atoms with Crippen LogP contribution in [0.3, 0.4) is 0 Å². The monoisotopic (exact) mass is 417 g/mol. The second-order valence-corrected chi connectivity index (χ2v) is 6.85. The van der Waals surface area contributed by atoms with E-state index in [4.69, 9.17) is 21.4 Å². The molecule has 1 aromatic heterocycles. The van der Waals surface area contributed by atoms with Gasteiger partial charge in [-0.3, -0.25) is 0 Å². The number of halogens is 3. The average molecular weight is 418 g/mol. The molecule has 3 aromatic rings. The molecule has 0 bridgehead atoms. The van der Waals surface area contributed by atoms with E-state index in [-0.39, 0.29) is 18.8 Å². The number of hydrogen-bond acceptors (Lipinski definition) is 4. The summed E-state index contributed by atoms with van der Waals surface area (Å²) in [5.41, 5.74) is 2.19. The van der Waals surface area contributed by atoms with Gasteiger partial charge in [0, 0.05) is 11.6 Å². The van der Waals surface area contributed by atoms with Gasteiger partial charge in [0.25, 0.3) is 0 Å². The van der Waals surface area contributed by atoms with Crippen LogP contribution in [0.2, 0.25) is 5.02 Å². The predicted molar refractivity (Wildman–Crippen MR) is 104 cm³/mol. The highest BCUT2D eigenvalue weighted by atomic mass is 35.5. The van der Waals surface area contributed by atoms with Crippen LogP contribution in [0.5, 0.6) is 5.75 Å². The minimum Gasteiger partial charge on any atom is -0.481 e. The molecule has 0 aliphatic heterocycles. The van der Waals surface area contributed by atoms with E-state index in [1.807, 2.05) is 0 Å². The number of benzene rings is 2. The molecule has 1 N–H and O–H groups in total. The summed E-state index contributed by atoms with van der Waals surface area (Å²) in [5.74, 6) is -2.21. The van der Waals surface area contributed by atoms with E-state index in [0.29, 0.717) is 40.5 Å². The Morgan fingerprint density at radius 3 is 2.45 bits per heavy atom. The van der Waals surface area contributed by atoms with Crippen molar-refractivity contribution in [3.05, 3.63) is 75.6 Å². The van der Waals surface area contributed by atoms with Gasteiger partial charge >= 0.3 is 0 Å². The molecule has 1 heterocycles. The largest absolute Gasteiger partial charge is 0.481 e. The molecule has 0 unspecified atom stereocenters. The Bertz CT molecular complexity index is 1040. The molecule has 0 fully saturated rings. The van der Waals surface area contributed by atoms with Crippen molar-refractivity contribution in [1.82, 2.24) is 9.78 Å². The first-order valence-electron chi connectivity index (χ1n) is 8.90. The first kappa shape index (κ1) is 20.8. The molecule has 0 spiro atoms. The molecule has 5 nitrogen and oxygen atoms in total. The number of aliphatic hydroxyl groups excluding tert-OH is 1. The first-order valence-corrected chi connectivity index (χ1v) is 9.28. The Morgan fingerprint density at radius 2 is 1.86 bits per heavy atom. The summed E-state index contributed by atoms with van der Waals surface area (Å²) >= 11 is 5.92. The SMILES string of the molecule is Cc1nn(-c2ccc(Cl)cc2)c(COc2c(F)cc(CCCO)cc2F)c1C#N. The van der Waals surface area contributed by atoms with Crippen LogP contribution in [0, 0.1) is 29.9 Å². The van der Waals surface area contributed by atoms with E-state index >= 15 is 0 Å². The van der Waals surface area contributed by atoms with Crippen LogP contribution in [-0.4, -0.2) is 21.5 Å². The minimum atomic E-state index is -0.842. The van der Waals surface area contributed by atoms with Crippen molar-refractivity contribution in [2.45, 2.75) is 26.4 Å². The van der Waals surface area contributed by atoms with Gasteiger partial charge < -0.3 is 9.84 Å². The van der Waals surface area contributed by atoms with Crippen LogP contribution in [0.15, 0.2) is 36.4 Å². The van der Waals surface area contributed by atoms with Crippen LogP contribution in [-0.2, 0) is 13.0 Å². The quantitative estimate of drug-likeness (QED) is 0.615. The van der Waals surface area contributed by atoms with Crippen molar-refractivity contribution < 1.29 is 18.6 Å². The maximum absolute atomic E-state index is 14.4. The molecule has 0 atom stereocenters. The summed E-state index contributed by atoms with van der Waals surface area (Å²) in [4.78, 5) is 0. The normalized spacial score (nSPS) is 10.8. The maximum Gasteiger partial charge on any atom is 0.191 e. The van der Waals surface area contributed by atoms with E-state index in [1.165, 1.54) is 16.8 Å². The van der Waals surface area contributed by atoms with Gasteiger partial charge in [0.05, 0.1) is 17.1 Å². The van der Waals surface area contributed by atoms with E-state index < -0.39 is 17.4 Å². The Hall–Kier alpha value is -2.95. The summed E-state index contributed by atoms with van der Waals surface area (Å²) < 4.78 is 35.6. The molecule has 150 valence electrons. The van der Waals surface area contributed by atoms with Crippen molar-refractivity contribution in [3.63, 3.8) is 0 Å². The molecule has 29 heavy (non-hydrogen) atoms. The maximum atomic E-state index is 14.4. The summed E-state index contributed by atoms with van der Waals surface area (Å²) in [5, 5.41) is 23.2. The van der Waals surface area contributed by atoms with Gasteiger partial charge in [-0.05, 0) is 61.7 Å². The topological polar surface area (TPSA) is 71.1 Å². The molecule has 0 amide bonds. The van der Waals surface area contributed by atoms with E-state index in [2.05, 4.69) is 11.2 Å². The van der Waals surface area contributed by atoms with Crippen LogP contribution >= 0.6 is 11.6 Å². The van der Waals surface area contributed by atoms with E-state index in [0.717, 1.165) is 0 Å². The zero-order chi connectivity index (χ0) is 21.0. The van der Waals surface area contributed by atoms with Crippen molar-refractivity contribution in [1.29, 1.82) is 5.26 Å². The average Bonchev–Trinajstić information content (AvgIpc) is 3.01. The molecule has 0 saturated carbocycles. The third-order valence-corrected chi connectivity index (χ3v) is 4.63. The van der Waals surface area contributed by atoms with Gasteiger partial charge in [0.1, 0.15) is 18.2 Å². The Morgan fingerprint density at radius 1 is 1.21 bits per heavy atom. The van der Waals surface area contributed by atoms with Gasteiger partial charge in [-0.2, -0.15) is 10.4 Å². The lowest BCUT2D eigenvalue weighted by Gasteiger charge is -2.12. The van der Waals surface area contributed by atoms with Crippen LogP contribution in [0.4, 0.5) is 8.78 Å². The Labute approximate surface area is 171 Å². The number of aromatic nitrogens is 2. The van der Waals surface area contributed by atoms with Gasteiger partial charge in [-0.25, -0.2) is 13.5 Å². The summed E-state index contributed by atoms with van der Waals surface area (Å²) in [6.07, 6.45) is 0.760. The third kappa shape index (κ3) is 4.56. The van der Waals surface area contributed by atoms with Gasteiger partial charge in [0.2, 0.25) is 0 Å². The molecule has 0 saturated heterocycles. The Kier molecular flexibility index (Phi) is 6.47.